The van der Waals surface area contributed by atoms with Crippen molar-refractivity contribution in [2.24, 2.45) is 5.92 Å². The van der Waals surface area contributed by atoms with Crippen LogP contribution in [0.15, 0.2) is 0 Å². The number of hydrogen-bond acceptors (Lipinski definition) is 4. The van der Waals surface area contributed by atoms with E-state index in [9.17, 15) is 4.79 Å². The summed E-state index contributed by atoms with van der Waals surface area (Å²) in [6.45, 7) is 9.54. The summed E-state index contributed by atoms with van der Waals surface area (Å²) < 4.78 is 2.16. The van der Waals surface area contributed by atoms with Gasteiger partial charge in [0.2, 0.25) is 0 Å². The van der Waals surface area contributed by atoms with Gasteiger partial charge in [-0.3, -0.25) is 0 Å². The summed E-state index contributed by atoms with van der Waals surface area (Å²) in [5, 5.41) is 5.89. The van der Waals surface area contributed by atoms with Gasteiger partial charge in [-0.2, -0.15) is 0 Å². The van der Waals surface area contributed by atoms with Gasteiger partial charge >= 0.3 is 6.03 Å². The molecule has 0 saturated heterocycles. The first-order valence-electron chi connectivity index (χ1n) is 8.52. The Morgan fingerprint density at radius 2 is 2.04 bits per heavy atom. The van der Waals surface area contributed by atoms with Crippen molar-refractivity contribution in [1.82, 2.24) is 25.2 Å². The monoisotopic (exact) mass is 330 g/mol. The van der Waals surface area contributed by atoms with Crippen molar-refractivity contribution < 1.29 is 4.79 Å². The third-order valence-electron chi connectivity index (χ3n) is 4.86. The minimum absolute atomic E-state index is 0.0722. The molecule has 2 atom stereocenters. The van der Waals surface area contributed by atoms with Gasteiger partial charge in [0.25, 0.3) is 0 Å². The molecule has 4 N–H and O–H groups in total. The zero-order valence-electron chi connectivity index (χ0n) is 14.8. The Labute approximate surface area is 142 Å². The Bertz CT molecular complexity index is 781. The number of anilines is 1. The van der Waals surface area contributed by atoms with Gasteiger partial charge in [0, 0.05) is 24.8 Å². The number of fused-ring (bicyclic) bond motifs is 1. The third kappa shape index (κ3) is 3.16. The molecule has 0 unspecified atom stereocenters. The molecule has 3 rings (SSSR count). The van der Waals surface area contributed by atoms with Crippen LogP contribution in [0.1, 0.15) is 36.8 Å². The van der Waals surface area contributed by atoms with Crippen LogP contribution in [0.4, 0.5) is 10.6 Å². The van der Waals surface area contributed by atoms with E-state index in [1.807, 2.05) is 20.8 Å². The van der Waals surface area contributed by atoms with Gasteiger partial charge in [0.1, 0.15) is 11.3 Å². The minimum atomic E-state index is -0.0722. The predicted molar refractivity (Wildman–Crippen MR) is 94.9 cm³/mol. The maximum atomic E-state index is 11.8. The molecule has 0 bridgehead atoms. The topological polar surface area (TPSA) is 97.9 Å². The zero-order chi connectivity index (χ0) is 17.4. The van der Waals surface area contributed by atoms with E-state index in [-0.39, 0.29) is 6.03 Å². The van der Waals surface area contributed by atoms with Crippen LogP contribution < -0.4 is 16.4 Å². The van der Waals surface area contributed by atoms with E-state index in [0.29, 0.717) is 24.3 Å². The molecule has 1 saturated carbocycles. The number of amides is 2. The molecule has 1 aliphatic carbocycles. The van der Waals surface area contributed by atoms with E-state index in [1.54, 1.807) is 0 Å². The van der Waals surface area contributed by atoms with Crippen LogP contribution in [-0.4, -0.2) is 33.2 Å². The molecule has 1 aliphatic rings. The second-order valence-electron chi connectivity index (χ2n) is 6.79. The Morgan fingerprint density at radius 3 is 2.71 bits per heavy atom. The van der Waals surface area contributed by atoms with Crippen LogP contribution >= 0.6 is 0 Å². The molecule has 24 heavy (non-hydrogen) atoms. The first kappa shape index (κ1) is 16.5. The fraction of sp³-hybridized carbons (Fsp3) is 0.588. The Balaban J connectivity index is 1.63. The molecule has 7 heteroatoms. The van der Waals surface area contributed by atoms with Gasteiger partial charge in [0.05, 0.1) is 5.52 Å². The summed E-state index contributed by atoms with van der Waals surface area (Å²) >= 11 is 0. The summed E-state index contributed by atoms with van der Waals surface area (Å²) in [5.41, 5.74) is 9.86. The number of carbonyl (C=O) groups excluding carboxylic acids is 1. The van der Waals surface area contributed by atoms with Crippen molar-refractivity contribution in [3.8, 4) is 0 Å². The van der Waals surface area contributed by atoms with Crippen molar-refractivity contribution in [1.29, 1.82) is 0 Å². The molecule has 2 amide bonds. The zero-order valence-corrected chi connectivity index (χ0v) is 14.8. The number of nitrogens with two attached hydrogens (primary N) is 1. The van der Waals surface area contributed by atoms with Crippen molar-refractivity contribution in [3.63, 3.8) is 0 Å². The second kappa shape index (κ2) is 6.30. The number of pyridine rings is 1. The summed E-state index contributed by atoms with van der Waals surface area (Å²) in [5.74, 6) is 2.01. The van der Waals surface area contributed by atoms with Crippen LogP contribution in [0.25, 0.3) is 11.0 Å². The van der Waals surface area contributed by atoms with Gasteiger partial charge < -0.3 is 20.9 Å². The van der Waals surface area contributed by atoms with Gasteiger partial charge in [-0.25, -0.2) is 14.8 Å². The molecular weight excluding hydrogens is 304 g/mol. The molecule has 0 aliphatic heterocycles. The van der Waals surface area contributed by atoms with Crippen LogP contribution in [0.3, 0.4) is 0 Å². The number of imidazole rings is 1. The fourth-order valence-corrected chi connectivity index (χ4v) is 3.07. The van der Waals surface area contributed by atoms with E-state index in [4.69, 9.17) is 5.73 Å². The number of carbonyl (C=O) groups is 1. The maximum Gasteiger partial charge on any atom is 0.315 e. The summed E-state index contributed by atoms with van der Waals surface area (Å²) in [7, 11) is 0. The Kier molecular flexibility index (Phi) is 4.34. The van der Waals surface area contributed by atoms with E-state index < -0.39 is 0 Å². The maximum absolute atomic E-state index is 11.8. The van der Waals surface area contributed by atoms with Crippen molar-refractivity contribution in [2.75, 3.05) is 12.3 Å². The van der Waals surface area contributed by atoms with Crippen LogP contribution in [-0.2, 0) is 6.54 Å². The molecule has 0 radical (unpaired) electrons. The first-order chi connectivity index (χ1) is 11.4. The molecule has 1 fully saturated rings. The van der Waals surface area contributed by atoms with E-state index >= 15 is 0 Å². The van der Waals surface area contributed by atoms with Crippen molar-refractivity contribution >= 4 is 22.9 Å². The highest BCUT2D eigenvalue weighted by atomic mass is 16.2. The van der Waals surface area contributed by atoms with Gasteiger partial charge in [0.15, 0.2) is 5.82 Å². The lowest BCUT2D eigenvalue weighted by Crippen LogP contribution is -2.38. The van der Waals surface area contributed by atoms with Crippen LogP contribution in [0.5, 0.6) is 0 Å². The lowest BCUT2D eigenvalue weighted by Gasteiger charge is -2.11. The highest BCUT2D eigenvalue weighted by molar-refractivity contribution is 5.88. The Morgan fingerprint density at radius 1 is 1.33 bits per heavy atom. The van der Waals surface area contributed by atoms with Gasteiger partial charge in [-0.15, -0.1) is 0 Å². The van der Waals surface area contributed by atoms with Crippen LogP contribution in [0.2, 0.25) is 0 Å². The highest BCUT2D eigenvalue weighted by Gasteiger charge is 2.33. The Hall–Kier alpha value is -2.31. The molecule has 7 nitrogen and oxygen atoms in total. The minimum Gasteiger partial charge on any atom is -0.382 e. The number of aryl methyl sites for hydroxylation is 4. The molecule has 2 aromatic heterocycles. The highest BCUT2D eigenvalue weighted by Crippen LogP contribution is 2.28. The van der Waals surface area contributed by atoms with Gasteiger partial charge in [-0.1, -0.05) is 6.92 Å². The standard InChI is InChI=1S/C17H26N6O/c1-9-8-13(9)22-17(24)19-6-5-7-23-12(4)21-14-15(23)10(2)11(3)20-16(14)18/h9,13H,5-8H2,1-4H3,(H2,18,20)(H2,19,22,24)/t9-,13-/m1/s1. The predicted octanol–water partition coefficient (Wildman–Crippen LogP) is 2.04. The lowest BCUT2D eigenvalue weighted by atomic mass is 10.2. The number of rotatable bonds is 5. The average molecular weight is 330 g/mol. The first-order valence-corrected chi connectivity index (χ1v) is 8.52. The number of hydrogen-bond donors (Lipinski definition) is 3. The van der Waals surface area contributed by atoms with E-state index in [0.717, 1.165) is 47.5 Å². The van der Waals surface area contributed by atoms with E-state index in [1.165, 1.54) is 0 Å². The molecular formula is C17H26N6O. The molecule has 2 aromatic rings. The van der Waals surface area contributed by atoms with Crippen LogP contribution in [0, 0.1) is 26.7 Å². The number of nitrogens with zero attached hydrogens (tertiary/aromatic N) is 3. The molecule has 0 aromatic carbocycles. The van der Waals surface area contributed by atoms with Gasteiger partial charge in [-0.05, 0) is 45.1 Å². The smallest absolute Gasteiger partial charge is 0.315 e. The number of aromatic nitrogens is 3. The van der Waals surface area contributed by atoms with Crippen molar-refractivity contribution in [2.45, 2.75) is 53.1 Å². The third-order valence-corrected chi connectivity index (χ3v) is 4.86. The second-order valence-corrected chi connectivity index (χ2v) is 6.79. The number of nitrogens with one attached hydrogen (secondary N) is 2. The summed E-state index contributed by atoms with van der Waals surface area (Å²) in [4.78, 5) is 20.7. The number of nitrogen functional groups attached to an aromatic ring is 1. The molecule has 130 valence electrons. The average Bonchev–Trinajstić information content (AvgIpc) is 3.09. The SMILES string of the molecule is Cc1nc(N)c2nc(C)n(CCCNC(=O)N[C@@H]3C[C@H]3C)c2c1C. The largest absolute Gasteiger partial charge is 0.382 e. The van der Waals surface area contributed by atoms with E-state index in [2.05, 4.69) is 32.1 Å². The van der Waals surface area contributed by atoms with Crippen molar-refractivity contribution in [3.05, 3.63) is 17.1 Å². The lowest BCUT2D eigenvalue weighted by molar-refractivity contribution is 0.240. The fourth-order valence-electron chi connectivity index (χ4n) is 3.07. The number of urea groups is 1. The summed E-state index contributed by atoms with van der Waals surface area (Å²) in [6.07, 6.45) is 1.92. The molecule has 2 heterocycles. The normalized spacial score (nSPS) is 19.5. The molecule has 0 spiro atoms. The quantitative estimate of drug-likeness (QED) is 0.731. The summed E-state index contributed by atoms with van der Waals surface area (Å²) in [6, 6.07) is 0.281.